The average molecular weight is 279 g/mol. The molecule has 1 aliphatic rings. The SMILES string of the molecule is CN1CCCCC1CNS(=O)(=O)N(C)CCCO. The molecule has 1 rings (SSSR count). The third-order valence-corrected chi connectivity index (χ3v) is 5.00. The van der Waals surface area contributed by atoms with Crippen molar-refractivity contribution >= 4 is 10.2 Å². The highest BCUT2D eigenvalue weighted by atomic mass is 32.2. The van der Waals surface area contributed by atoms with Gasteiger partial charge in [0.2, 0.25) is 0 Å². The Morgan fingerprint density at radius 3 is 2.78 bits per heavy atom. The molecule has 2 N–H and O–H groups in total. The molecule has 0 aromatic carbocycles. The van der Waals surface area contributed by atoms with Gasteiger partial charge in [0, 0.05) is 32.8 Å². The minimum absolute atomic E-state index is 0.00518. The van der Waals surface area contributed by atoms with E-state index in [9.17, 15) is 8.42 Å². The Morgan fingerprint density at radius 1 is 1.44 bits per heavy atom. The summed E-state index contributed by atoms with van der Waals surface area (Å²) in [5.74, 6) is 0. The molecule has 18 heavy (non-hydrogen) atoms. The van der Waals surface area contributed by atoms with Crippen molar-refractivity contribution in [1.29, 1.82) is 0 Å². The first-order valence-electron chi connectivity index (χ1n) is 6.49. The van der Waals surface area contributed by atoms with E-state index in [1.54, 1.807) is 0 Å². The number of aliphatic hydroxyl groups is 1. The topological polar surface area (TPSA) is 72.9 Å². The molecular weight excluding hydrogens is 254 g/mol. The number of hydrogen-bond donors (Lipinski definition) is 2. The van der Waals surface area contributed by atoms with Crippen molar-refractivity contribution in [2.75, 3.05) is 40.3 Å². The summed E-state index contributed by atoms with van der Waals surface area (Å²) in [6, 6.07) is 0.291. The van der Waals surface area contributed by atoms with Gasteiger partial charge in [0.1, 0.15) is 0 Å². The molecule has 0 bridgehead atoms. The van der Waals surface area contributed by atoms with Crippen LogP contribution in [-0.4, -0.2) is 69.1 Å². The number of likely N-dealkylation sites (tertiary alicyclic amines) is 1. The lowest BCUT2D eigenvalue weighted by atomic mass is 10.0. The first-order chi connectivity index (χ1) is 8.47. The highest BCUT2D eigenvalue weighted by Crippen LogP contribution is 2.14. The van der Waals surface area contributed by atoms with Crippen molar-refractivity contribution in [2.24, 2.45) is 0 Å². The fraction of sp³-hybridized carbons (Fsp3) is 1.00. The van der Waals surface area contributed by atoms with E-state index >= 15 is 0 Å². The molecule has 7 heteroatoms. The lowest BCUT2D eigenvalue weighted by Crippen LogP contribution is -2.47. The molecule has 1 aliphatic heterocycles. The number of likely N-dealkylation sites (N-methyl/N-ethyl adjacent to an activating group) is 1. The van der Waals surface area contributed by atoms with Crippen molar-refractivity contribution in [2.45, 2.75) is 31.7 Å². The maximum atomic E-state index is 11.9. The number of aliphatic hydroxyl groups excluding tert-OH is 1. The molecule has 1 saturated heterocycles. The van der Waals surface area contributed by atoms with E-state index in [0.717, 1.165) is 19.4 Å². The summed E-state index contributed by atoms with van der Waals surface area (Å²) in [5, 5.41) is 8.70. The molecule has 0 amide bonds. The second-order valence-electron chi connectivity index (χ2n) is 4.88. The van der Waals surface area contributed by atoms with Gasteiger partial charge < -0.3 is 10.0 Å². The summed E-state index contributed by atoms with van der Waals surface area (Å²) in [7, 11) is 0.156. The lowest BCUT2D eigenvalue weighted by Gasteiger charge is -2.32. The van der Waals surface area contributed by atoms with Crippen LogP contribution in [0, 0.1) is 0 Å². The average Bonchev–Trinajstić information content (AvgIpc) is 2.35. The molecule has 6 nitrogen and oxygen atoms in total. The van der Waals surface area contributed by atoms with Gasteiger partial charge in [-0.1, -0.05) is 6.42 Å². The molecule has 0 aliphatic carbocycles. The van der Waals surface area contributed by atoms with Crippen molar-refractivity contribution in [3.05, 3.63) is 0 Å². The van der Waals surface area contributed by atoms with Crippen molar-refractivity contribution in [3.8, 4) is 0 Å². The molecule has 108 valence electrons. The van der Waals surface area contributed by atoms with E-state index in [2.05, 4.69) is 9.62 Å². The first kappa shape index (κ1) is 15.8. The number of hydrogen-bond acceptors (Lipinski definition) is 4. The molecule has 1 unspecified atom stereocenters. The Hall–Kier alpha value is -0.210. The van der Waals surface area contributed by atoms with Crippen molar-refractivity contribution in [3.63, 3.8) is 0 Å². The van der Waals surface area contributed by atoms with Crippen LogP contribution >= 0.6 is 0 Å². The van der Waals surface area contributed by atoms with Gasteiger partial charge in [-0.3, -0.25) is 0 Å². The predicted octanol–water partition coefficient (Wildman–Crippen LogP) is -0.381. The molecule has 0 saturated carbocycles. The monoisotopic (exact) mass is 279 g/mol. The minimum Gasteiger partial charge on any atom is -0.396 e. The van der Waals surface area contributed by atoms with E-state index in [1.165, 1.54) is 17.8 Å². The van der Waals surface area contributed by atoms with Gasteiger partial charge in [-0.2, -0.15) is 12.7 Å². The fourth-order valence-corrected chi connectivity index (χ4v) is 3.12. The number of piperidine rings is 1. The van der Waals surface area contributed by atoms with Gasteiger partial charge in [0.25, 0.3) is 10.2 Å². The maximum absolute atomic E-state index is 11.9. The van der Waals surface area contributed by atoms with Crippen LogP contribution in [0.3, 0.4) is 0 Å². The molecule has 1 atom stereocenters. The quantitative estimate of drug-likeness (QED) is 0.666. The number of rotatable bonds is 7. The summed E-state index contributed by atoms with van der Waals surface area (Å²) >= 11 is 0. The largest absolute Gasteiger partial charge is 0.396 e. The number of nitrogens with one attached hydrogen (secondary N) is 1. The van der Waals surface area contributed by atoms with Crippen LogP contribution in [0.4, 0.5) is 0 Å². The second kappa shape index (κ2) is 7.40. The second-order valence-corrected chi connectivity index (χ2v) is 6.74. The minimum atomic E-state index is -3.41. The summed E-state index contributed by atoms with van der Waals surface area (Å²) in [4.78, 5) is 2.21. The summed E-state index contributed by atoms with van der Waals surface area (Å²) in [6.07, 6.45) is 3.85. The Kier molecular flexibility index (Phi) is 6.51. The Labute approximate surface area is 110 Å². The molecular formula is C11H25N3O3S. The van der Waals surface area contributed by atoms with E-state index in [-0.39, 0.29) is 6.61 Å². The van der Waals surface area contributed by atoms with Crippen molar-refractivity contribution in [1.82, 2.24) is 13.9 Å². The zero-order valence-electron chi connectivity index (χ0n) is 11.3. The van der Waals surface area contributed by atoms with Crippen LogP contribution in [-0.2, 0) is 10.2 Å². The standard InChI is InChI=1S/C11H25N3O3S/c1-13-7-4-3-6-11(13)10-12-18(16,17)14(2)8-5-9-15/h11-12,15H,3-10H2,1-2H3. The third kappa shape index (κ3) is 4.81. The van der Waals surface area contributed by atoms with Gasteiger partial charge in [-0.05, 0) is 32.9 Å². The van der Waals surface area contributed by atoms with Gasteiger partial charge in [-0.25, -0.2) is 4.72 Å². The molecule has 0 aromatic rings. The molecule has 1 fully saturated rings. The molecule has 1 heterocycles. The van der Waals surface area contributed by atoms with Crippen LogP contribution in [0.5, 0.6) is 0 Å². The van der Waals surface area contributed by atoms with Gasteiger partial charge in [0.15, 0.2) is 0 Å². The summed E-state index contributed by atoms with van der Waals surface area (Å²) < 4.78 is 27.7. The van der Waals surface area contributed by atoms with E-state index in [4.69, 9.17) is 5.11 Å². The van der Waals surface area contributed by atoms with Gasteiger partial charge in [-0.15, -0.1) is 0 Å². The maximum Gasteiger partial charge on any atom is 0.279 e. The van der Waals surface area contributed by atoms with Crippen molar-refractivity contribution < 1.29 is 13.5 Å². The Morgan fingerprint density at radius 2 is 2.17 bits per heavy atom. The molecule has 0 radical (unpaired) electrons. The number of nitrogens with zero attached hydrogens (tertiary/aromatic N) is 2. The smallest absolute Gasteiger partial charge is 0.279 e. The van der Waals surface area contributed by atoms with Crippen LogP contribution in [0.15, 0.2) is 0 Å². The Bertz CT molecular complexity index is 334. The van der Waals surface area contributed by atoms with Crippen LogP contribution in [0.1, 0.15) is 25.7 Å². The van der Waals surface area contributed by atoms with E-state index < -0.39 is 10.2 Å². The highest BCUT2D eigenvalue weighted by molar-refractivity contribution is 7.87. The fourth-order valence-electron chi connectivity index (χ4n) is 2.13. The normalized spacial score (nSPS) is 22.6. The summed E-state index contributed by atoms with van der Waals surface area (Å²) in [6.45, 7) is 1.84. The highest BCUT2D eigenvalue weighted by Gasteiger charge is 2.23. The van der Waals surface area contributed by atoms with Crippen LogP contribution in [0.25, 0.3) is 0 Å². The zero-order valence-corrected chi connectivity index (χ0v) is 12.1. The lowest BCUT2D eigenvalue weighted by molar-refractivity contribution is 0.186. The Balaban J connectivity index is 2.40. The van der Waals surface area contributed by atoms with Gasteiger partial charge >= 0.3 is 0 Å². The first-order valence-corrected chi connectivity index (χ1v) is 7.93. The third-order valence-electron chi connectivity index (χ3n) is 3.46. The van der Waals surface area contributed by atoms with Crippen LogP contribution < -0.4 is 4.72 Å². The van der Waals surface area contributed by atoms with E-state index in [1.807, 2.05) is 7.05 Å². The summed E-state index contributed by atoms with van der Waals surface area (Å²) in [5.41, 5.74) is 0. The predicted molar refractivity (Wildman–Crippen MR) is 71.5 cm³/mol. The zero-order chi connectivity index (χ0) is 13.6. The molecule has 0 aromatic heterocycles. The van der Waals surface area contributed by atoms with Gasteiger partial charge in [0.05, 0.1) is 0 Å². The van der Waals surface area contributed by atoms with Crippen LogP contribution in [0.2, 0.25) is 0 Å². The molecule has 0 spiro atoms. The van der Waals surface area contributed by atoms with E-state index in [0.29, 0.717) is 25.6 Å².